The van der Waals surface area contributed by atoms with Gasteiger partial charge in [0, 0.05) is 5.56 Å². The lowest BCUT2D eigenvalue weighted by molar-refractivity contribution is 0.112. The molecule has 2 unspecified atom stereocenters. The van der Waals surface area contributed by atoms with Gasteiger partial charge in [0.25, 0.3) is 0 Å². The average molecular weight is 615 g/mol. The molecule has 0 bridgehead atoms. The van der Waals surface area contributed by atoms with Gasteiger partial charge >= 0.3 is 0 Å². The largest absolute Gasteiger partial charge is 0.298 e. The number of fused-ring (bicyclic) bond motifs is 6. The fraction of sp³-hybridized carbons (Fsp3) is 0.0851. The Balaban J connectivity index is 1.44. The van der Waals surface area contributed by atoms with Gasteiger partial charge < -0.3 is 0 Å². The van der Waals surface area contributed by atoms with Crippen molar-refractivity contribution in [1.29, 1.82) is 0 Å². The Morgan fingerprint density at radius 2 is 0.750 bits per heavy atom. The van der Waals surface area contributed by atoms with Gasteiger partial charge in [-0.25, -0.2) is 0 Å². The molecular weight excluding hydrogens is 581 g/mol. The van der Waals surface area contributed by atoms with Crippen LogP contribution in [0.15, 0.2) is 164 Å². The molecule has 2 atom stereocenters. The molecule has 0 spiro atoms. The van der Waals surface area contributed by atoms with Crippen molar-refractivity contribution in [1.82, 2.24) is 0 Å². The summed E-state index contributed by atoms with van der Waals surface area (Å²) in [6.07, 6.45) is 0.928. The van der Waals surface area contributed by atoms with E-state index in [0.717, 1.165) is 11.8 Å². The maximum absolute atomic E-state index is 11.8. The lowest BCUT2D eigenvalue weighted by Crippen LogP contribution is -2.30. The maximum Gasteiger partial charge on any atom is 0.150 e. The highest BCUT2D eigenvalue weighted by Gasteiger charge is 2.51. The molecule has 1 nitrogen and oxygen atoms in total. The summed E-state index contributed by atoms with van der Waals surface area (Å²) in [5, 5.41) is 0. The zero-order chi connectivity index (χ0) is 32.5. The minimum atomic E-state index is -0.563. The van der Waals surface area contributed by atoms with Gasteiger partial charge in [-0.2, -0.15) is 0 Å². The van der Waals surface area contributed by atoms with Crippen molar-refractivity contribution in [2.45, 2.75) is 24.7 Å². The summed E-state index contributed by atoms with van der Waals surface area (Å²) in [5.41, 5.74) is 17.2. The Labute approximate surface area is 282 Å². The first-order valence-electron chi connectivity index (χ1n) is 16.7. The van der Waals surface area contributed by atoms with Crippen molar-refractivity contribution in [2.24, 2.45) is 0 Å². The van der Waals surface area contributed by atoms with Crippen LogP contribution in [0, 0.1) is 13.8 Å². The van der Waals surface area contributed by atoms with Crippen molar-refractivity contribution >= 4 is 6.29 Å². The fourth-order valence-corrected chi connectivity index (χ4v) is 8.73. The van der Waals surface area contributed by atoms with Gasteiger partial charge in [0.1, 0.15) is 6.29 Å². The summed E-state index contributed by atoms with van der Waals surface area (Å²) in [5.74, 6) is 0. The average Bonchev–Trinajstić information content (AvgIpc) is 3.60. The van der Waals surface area contributed by atoms with Gasteiger partial charge in [-0.3, -0.25) is 4.79 Å². The van der Waals surface area contributed by atoms with Gasteiger partial charge in [-0.05, 0) is 92.7 Å². The molecule has 0 saturated heterocycles. The number of aryl methyl sites for hydroxylation is 2. The molecule has 2 aliphatic rings. The lowest BCUT2D eigenvalue weighted by atomic mass is 9.66. The predicted octanol–water partition coefficient (Wildman–Crippen LogP) is 10.8. The minimum absolute atomic E-state index is 0.481. The van der Waals surface area contributed by atoms with E-state index in [-0.39, 0.29) is 0 Å². The third-order valence-electron chi connectivity index (χ3n) is 10.9. The molecule has 0 fully saturated rings. The second kappa shape index (κ2) is 10.6. The Hall–Kier alpha value is -5.79. The molecular formula is C47H34O. The number of hydrogen-bond donors (Lipinski definition) is 0. The highest BCUT2D eigenvalue weighted by molar-refractivity contribution is 5.94. The molecule has 9 rings (SSSR count). The number of aldehydes is 1. The Bertz CT molecular complexity index is 2350. The molecule has 0 aromatic heterocycles. The Morgan fingerprint density at radius 1 is 0.375 bits per heavy atom. The zero-order valence-electron chi connectivity index (χ0n) is 27.1. The van der Waals surface area contributed by atoms with E-state index in [1.54, 1.807) is 0 Å². The highest BCUT2D eigenvalue weighted by atomic mass is 16.1. The van der Waals surface area contributed by atoms with E-state index in [0.29, 0.717) is 5.56 Å². The first-order valence-corrected chi connectivity index (χ1v) is 16.7. The van der Waals surface area contributed by atoms with Gasteiger partial charge in [-0.15, -0.1) is 0 Å². The monoisotopic (exact) mass is 614 g/mol. The molecule has 0 N–H and O–H groups in total. The minimum Gasteiger partial charge on any atom is -0.298 e. The summed E-state index contributed by atoms with van der Waals surface area (Å²) in [6.45, 7) is 4.30. The van der Waals surface area contributed by atoms with Gasteiger partial charge in [0.15, 0.2) is 0 Å². The molecule has 228 valence electrons. The van der Waals surface area contributed by atoms with Crippen LogP contribution in [0.1, 0.15) is 66.0 Å². The molecule has 48 heavy (non-hydrogen) atoms. The predicted molar refractivity (Wildman–Crippen MR) is 196 cm³/mol. The van der Waals surface area contributed by atoms with Gasteiger partial charge in [-0.1, -0.05) is 163 Å². The van der Waals surface area contributed by atoms with Crippen LogP contribution >= 0.6 is 0 Å². The third kappa shape index (κ3) is 3.76. The summed E-state index contributed by atoms with van der Waals surface area (Å²) in [6, 6.07) is 60.3. The van der Waals surface area contributed by atoms with E-state index >= 15 is 0 Å². The molecule has 0 aliphatic heterocycles. The fourth-order valence-electron chi connectivity index (χ4n) is 8.73. The van der Waals surface area contributed by atoms with Crippen molar-refractivity contribution in [2.75, 3.05) is 0 Å². The number of carbonyl (C=O) groups excluding carboxylic acids is 1. The number of carbonyl (C=O) groups is 1. The Morgan fingerprint density at radius 3 is 1.19 bits per heavy atom. The van der Waals surface area contributed by atoms with Crippen molar-refractivity contribution in [3.63, 3.8) is 0 Å². The van der Waals surface area contributed by atoms with Crippen LogP contribution in [-0.2, 0) is 10.8 Å². The molecule has 1 heteroatoms. The molecule has 7 aromatic carbocycles. The summed E-state index contributed by atoms with van der Waals surface area (Å²) >= 11 is 0. The SMILES string of the molecule is Cc1ccc(C2(c3ccccc3)c3ccccc3-c3cc4c(cc32)-c2ccccc2C4(c2ccc(C)cc2)c2ccc(C=O)cc2)cc1. The molecule has 0 amide bonds. The Kier molecular flexibility index (Phi) is 6.29. The topological polar surface area (TPSA) is 17.1 Å². The van der Waals surface area contributed by atoms with E-state index in [1.807, 2.05) is 12.1 Å². The standard InChI is InChI=1S/C47H34O/c1-31-16-22-35(23-17-31)46(34-10-4-3-5-11-34)42-14-8-6-12-38(42)40-29-45-41(28-44(40)46)39-13-7-9-15-43(39)47(45,36-24-18-32(2)19-25-36)37-26-20-33(30-48)21-27-37/h3-30H,1-2H3. The second-order valence-electron chi connectivity index (χ2n) is 13.4. The molecule has 7 aromatic rings. The van der Waals surface area contributed by atoms with Gasteiger partial charge in [0.2, 0.25) is 0 Å². The number of rotatable bonds is 5. The van der Waals surface area contributed by atoms with Crippen LogP contribution in [0.25, 0.3) is 22.3 Å². The summed E-state index contributed by atoms with van der Waals surface area (Å²) in [7, 11) is 0. The first-order chi connectivity index (χ1) is 23.6. The van der Waals surface area contributed by atoms with Gasteiger partial charge in [0.05, 0.1) is 10.8 Å². The van der Waals surface area contributed by atoms with E-state index in [4.69, 9.17) is 0 Å². The van der Waals surface area contributed by atoms with Crippen molar-refractivity contribution < 1.29 is 4.79 Å². The number of hydrogen-bond acceptors (Lipinski definition) is 1. The highest BCUT2D eigenvalue weighted by Crippen LogP contribution is 2.62. The van der Waals surface area contributed by atoms with Crippen molar-refractivity contribution in [3.8, 4) is 22.3 Å². The van der Waals surface area contributed by atoms with Crippen LogP contribution in [0.3, 0.4) is 0 Å². The summed E-state index contributed by atoms with van der Waals surface area (Å²) in [4.78, 5) is 11.8. The van der Waals surface area contributed by atoms with E-state index in [9.17, 15) is 4.79 Å². The molecule has 0 radical (unpaired) electrons. The third-order valence-corrected chi connectivity index (χ3v) is 10.9. The van der Waals surface area contributed by atoms with Crippen LogP contribution < -0.4 is 0 Å². The smallest absolute Gasteiger partial charge is 0.150 e. The van der Waals surface area contributed by atoms with E-state index in [1.165, 1.54) is 72.3 Å². The van der Waals surface area contributed by atoms with Crippen LogP contribution in [-0.4, -0.2) is 6.29 Å². The van der Waals surface area contributed by atoms with Crippen molar-refractivity contribution in [3.05, 3.63) is 225 Å². The lowest BCUT2D eigenvalue weighted by Gasteiger charge is -2.35. The number of benzene rings is 7. The van der Waals surface area contributed by atoms with Crippen LogP contribution in [0.5, 0.6) is 0 Å². The van der Waals surface area contributed by atoms with E-state index < -0.39 is 10.8 Å². The molecule has 0 heterocycles. The van der Waals surface area contributed by atoms with E-state index in [2.05, 4.69) is 166 Å². The van der Waals surface area contributed by atoms with Crippen LogP contribution in [0.4, 0.5) is 0 Å². The van der Waals surface area contributed by atoms with Crippen LogP contribution in [0.2, 0.25) is 0 Å². The summed E-state index contributed by atoms with van der Waals surface area (Å²) < 4.78 is 0. The maximum atomic E-state index is 11.8. The quantitative estimate of drug-likeness (QED) is 0.176. The first kappa shape index (κ1) is 28.4. The second-order valence-corrected chi connectivity index (χ2v) is 13.4. The normalized spacial score (nSPS) is 18.5. The zero-order valence-corrected chi connectivity index (χ0v) is 27.1. The molecule has 2 aliphatic carbocycles. The molecule has 0 saturated carbocycles.